The van der Waals surface area contributed by atoms with Gasteiger partial charge in [0.25, 0.3) is 0 Å². The summed E-state index contributed by atoms with van der Waals surface area (Å²) in [7, 11) is 1.63. The topological polar surface area (TPSA) is 48.1 Å². The monoisotopic (exact) mass is 260 g/mol. The van der Waals surface area contributed by atoms with Gasteiger partial charge in [-0.3, -0.25) is 0 Å². The molecule has 0 fully saturated rings. The lowest BCUT2D eigenvalue weighted by Crippen LogP contribution is -2.26. The van der Waals surface area contributed by atoms with Gasteiger partial charge in [-0.15, -0.1) is 0 Å². The Morgan fingerprint density at radius 1 is 1.26 bits per heavy atom. The molecule has 1 aliphatic rings. The first-order valence-corrected chi connectivity index (χ1v) is 7.23. The smallest absolute Gasteiger partial charge is 0.212 e. The highest BCUT2D eigenvalue weighted by Crippen LogP contribution is 2.20. The van der Waals surface area contributed by atoms with Crippen LogP contribution in [-0.4, -0.2) is 18.1 Å². The highest BCUT2D eigenvalue weighted by Gasteiger charge is 2.11. The molecule has 0 amide bonds. The molecule has 2 rings (SSSR count). The molecule has 1 unspecified atom stereocenters. The number of hydrogen-bond acceptors (Lipinski definition) is 3. The number of ether oxygens (including phenoxy) is 1. The van der Waals surface area contributed by atoms with Crippen molar-refractivity contribution in [3.63, 3.8) is 0 Å². The lowest BCUT2D eigenvalue weighted by atomic mass is 9.92. The molecule has 3 nitrogen and oxygen atoms in total. The number of hydrogen-bond donors (Lipinski definition) is 1. The van der Waals surface area contributed by atoms with Crippen LogP contribution in [0.25, 0.3) is 0 Å². The van der Waals surface area contributed by atoms with Crippen molar-refractivity contribution in [3.8, 4) is 5.88 Å². The van der Waals surface area contributed by atoms with Crippen molar-refractivity contribution in [2.45, 2.75) is 51.0 Å². The molecule has 1 aromatic rings. The minimum atomic E-state index is 0.133. The van der Waals surface area contributed by atoms with Gasteiger partial charge in [0.2, 0.25) is 5.88 Å². The van der Waals surface area contributed by atoms with Gasteiger partial charge in [0.15, 0.2) is 0 Å². The fourth-order valence-corrected chi connectivity index (χ4v) is 2.59. The molecule has 0 aromatic carbocycles. The average Bonchev–Trinajstić information content (AvgIpc) is 2.39. The van der Waals surface area contributed by atoms with E-state index < -0.39 is 0 Å². The number of nitrogens with zero attached hydrogens (tertiary/aromatic N) is 1. The normalized spacial score (nSPS) is 20.8. The van der Waals surface area contributed by atoms with Crippen LogP contribution in [0.5, 0.6) is 5.88 Å². The molecule has 0 bridgehead atoms. The van der Waals surface area contributed by atoms with Crippen molar-refractivity contribution < 1.29 is 4.74 Å². The summed E-state index contributed by atoms with van der Waals surface area (Å²) >= 11 is 0. The Bertz CT molecular complexity index is 411. The molecule has 3 heteroatoms. The summed E-state index contributed by atoms with van der Waals surface area (Å²) in [5.74, 6) is 0.655. The molecule has 0 saturated carbocycles. The van der Waals surface area contributed by atoms with E-state index in [9.17, 15) is 0 Å². The molecule has 0 saturated heterocycles. The molecule has 1 atom stereocenters. The first-order chi connectivity index (χ1) is 9.29. The number of nitrogens with two attached hydrogens (primary N) is 1. The highest BCUT2D eigenvalue weighted by atomic mass is 16.5. The van der Waals surface area contributed by atoms with E-state index in [4.69, 9.17) is 10.5 Å². The predicted octanol–water partition coefficient (Wildman–Crippen LogP) is 3.24. The van der Waals surface area contributed by atoms with Gasteiger partial charge in [0.1, 0.15) is 0 Å². The van der Waals surface area contributed by atoms with Crippen LogP contribution in [-0.2, 0) is 6.42 Å². The van der Waals surface area contributed by atoms with Crippen LogP contribution in [0.3, 0.4) is 0 Å². The number of rotatable bonds is 4. The van der Waals surface area contributed by atoms with Gasteiger partial charge in [0, 0.05) is 18.3 Å². The van der Waals surface area contributed by atoms with Crippen LogP contribution in [0.4, 0.5) is 0 Å². The van der Waals surface area contributed by atoms with Crippen molar-refractivity contribution >= 4 is 0 Å². The summed E-state index contributed by atoms with van der Waals surface area (Å²) in [6.07, 6.45) is 12.7. The number of methoxy groups -OCH3 is 1. The quantitative estimate of drug-likeness (QED) is 0.845. The fraction of sp³-hybridized carbons (Fsp3) is 0.562. The zero-order valence-corrected chi connectivity index (χ0v) is 11.8. The van der Waals surface area contributed by atoms with Crippen LogP contribution < -0.4 is 10.5 Å². The predicted molar refractivity (Wildman–Crippen MR) is 78.3 cm³/mol. The first kappa shape index (κ1) is 14.1. The summed E-state index contributed by atoms with van der Waals surface area (Å²) in [4.78, 5) is 4.23. The van der Waals surface area contributed by atoms with Crippen molar-refractivity contribution in [2.75, 3.05) is 7.11 Å². The van der Waals surface area contributed by atoms with Gasteiger partial charge in [-0.1, -0.05) is 30.6 Å². The van der Waals surface area contributed by atoms with Gasteiger partial charge < -0.3 is 10.5 Å². The molecule has 19 heavy (non-hydrogen) atoms. The zero-order chi connectivity index (χ0) is 13.5. The van der Waals surface area contributed by atoms with E-state index >= 15 is 0 Å². The van der Waals surface area contributed by atoms with Crippen LogP contribution in [0.2, 0.25) is 0 Å². The summed E-state index contributed by atoms with van der Waals surface area (Å²) < 4.78 is 5.07. The molecule has 1 aromatic heterocycles. The van der Waals surface area contributed by atoms with Crippen molar-refractivity contribution in [3.05, 3.63) is 35.5 Å². The second-order valence-corrected chi connectivity index (χ2v) is 5.25. The largest absolute Gasteiger partial charge is 0.481 e. The average molecular weight is 260 g/mol. The Hall–Kier alpha value is -1.35. The van der Waals surface area contributed by atoms with Crippen LogP contribution in [0.1, 0.15) is 44.1 Å². The molecular weight excluding hydrogens is 236 g/mol. The molecule has 0 radical (unpaired) electrons. The Morgan fingerprint density at radius 3 is 2.84 bits per heavy atom. The van der Waals surface area contributed by atoms with Gasteiger partial charge in [-0.2, -0.15) is 0 Å². The Balaban J connectivity index is 1.96. The number of pyridine rings is 1. The van der Waals surface area contributed by atoms with Gasteiger partial charge in [0.05, 0.1) is 7.11 Å². The SMILES string of the molecule is COc1ccc(CC(N)/C2=C/CCCCCC2)cn1. The van der Waals surface area contributed by atoms with E-state index in [0.29, 0.717) is 5.88 Å². The standard InChI is InChI=1S/C16H24N2O/c1-19-16-10-9-13(12-18-16)11-15(17)14-7-5-3-2-4-6-8-14/h7,9-10,12,15H,2-6,8,11,17H2,1H3/b14-7+. The third-order valence-corrected chi connectivity index (χ3v) is 3.76. The Morgan fingerprint density at radius 2 is 2.11 bits per heavy atom. The minimum Gasteiger partial charge on any atom is -0.481 e. The molecule has 104 valence electrons. The Labute approximate surface area is 115 Å². The van der Waals surface area contributed by atoms with E-state index in [1.807, 2.05) is 12.3 Å². The van der Waals surface area contributed by atoms with Crippen LogP contribution >= 0.6 is 0 Å². The van der Waals surface area contributed by atoms with Crippen molar-refractivity contribution in [1.29, 1.82) is 0 Å². The summed E-state index contributed by atoms with van der Waals surface area (Å²) in [5, 5.41) is 0. The van der Waals surface area contributed by atoms with E-state index in [0.717, 1.165) is 12.8 Å². The third-order valence-electron chi connectivity index (χ3n) is 3.76. The summed E-state index contributed by atoms with van der Waals surface area (Å²) in [5.41, 5.74) is 8.95. The second-order valence-electron chi connectivity index (χ2n) is 5.25. The van der Waals surface area contributed by atoms with Gasteiger partial charge >= 0.3 is 0 Å². The second kappa shape index (κ2) is 7.29. The summed E-state index contributed by atoms with van der Waals surface area (Å²) in [6, 6.07) is 4.08. The van der Waals surface area contributed by atoms with Crippen molar-refractivity contribution in [2.24, 2.45) is 5.73 Å². The lowest BCUT2D eigenvalue weighted by molar-refractivity contribution is 0.397. The zero-order valence-electron chi connectivity index (χ0n) is 11.8. The maximum absolute atomic E-state index is 6.34. The van der Waals surface area contributed by atoms with Crippen LogP contribution in [0, 0.1) is 0 Å². The van der Waals surface area contributed by atoms with E-state index in [1.54, 1.807) is 7.11 Å². The molecule has 1 heterocycles. The van der Waals surface area contributed by atoms with E-state index in [1.165, 1.54) is 43.2 Å². The van der Waals surface area contributed by atoms with Crippen molar-refractivity contribution in [1.82, 2.24) is 4.98 Å². The fourth-order valence-electron chi connectivity index (χ4n) is 2.59. The van der Waals surface area contributed by atoms with Gasteiger partial charge in [-0.25, -0.2) is 4.98 Å². The first-order valence-electron chi connectivity index (χ1n) is 7.23. The molecule has 2 N–H and O–H groups in total. The van der Waals surface area contributed by atoms with Gasteiger partial charge in [-0.05, 0) is 37.7 Å². The van der Waals surface area contributed by atoms with Crippen LogP contribution in [0.15, 0.2) is 30.0 Å². The number of allylic oxidation sites excluding steroid dienone is 1. The van der Waals surface area contributed by atoms with E-state index in [2.05, 4.69) is 17.1 Å². The van der Waals surface area contributed by atoms with E-state index in [-0.39, 0.29) is 6.04 Å². The molecule has 1 aliphatic carbocycles. The maximum Gasteiger partial charge on any atom is 0.212 e. The molecule has 0 spiro atoms. The lowest BCUT2D eigenvalue weighted by Gasteiger charge is -2.18. The minimum absolute atomic E-state index is 0.133. The summed E-state index contributed by atoms with van der Waals surface area (Å²) in [6.45, 7) is 0. The molecular formula is C16H24N2O. The molecule has 0 aliphatic heterocycles. The maximum atomic E-state index is 6.34. The highest BCUT2D eigenvalue weighted by molar-refractivity contribution is 5.22. The third kappa shape index (κ3) is 4.35. The number of aromatic nitrogens is 1. The Kier molecular flexibility index (Phi) is 5.40.